The van der Waals surface area contributed by atoms with E-state index in [2.05, 4.69) is 10.6 Å². The minimum atomic E-state index is -3.07. The van der Waals surface area contributed by atoms with Crippen molar-refractivity contribution in [2.75, 3.05) is 31.3 Å². The molecule has 0 aromatic heterocycles. The Morgan fingerprint density at radius 2 is 2.06 bits per heavy atom. The van der Waals surface area contributed by atoms with E-state index in [-0.39, 0.29) is 31.1 Å². The number of nitrogens with one attached hydrogen (secondary N) is 2. The second-order valence-corrected chi connectivity index (χ2v) is 7.12. The minimum absolute atomic E-state index is 0.00875. The van der Waals surface area contributed by atoms with Crippen LogP contribution in [0.5, 0.6) is 0 Å². The van der Waals surface area contributed by atoms with Crippen LogP contribution in [0.1, 0.15) is 13.3 Å². The molecule has 0 radical (unpaired) electrons. The number of sulfone groups is 1. The fourth-order valence-electron chi connectivity index (χ4n) is 1.74. The van der Waals surface area contributed by atoms with Crippen molar-refractivity contribution in [2.24, 2.45) is 0 Å². The molecule has 0 aromatic rings. The number of carbonyl (C=O) groups excluding carboxylic acids is 1. The number of hydrogen-bond donors (Lipinski definition) is 4. The Balaban J connectivity index is 2.50. The lowest BCUT2D eigenvalue weighted by Crippen LogP contribution is -2.54. The van der Waals surface area contributed by atoms with Gasteiger partial charge < -0.3 is 20.8 Å². The molecule has 8 heteroatoms. The Morgan fingerprint density at radius 3 is 2.56 bits per heavy atom. The number of carbonyl (C=O) groups is 1. The molecule has 1 heterocycles. The van der Waals surface area contributed by atoms with E-state index in [4.69, 9.17) is 10.2 Å². The quantitative estimate of drug-likeness (QED) is 0.447. The molecule has 0 aromatic carbocycles. The van der Waals surface area contributed by atoms with Gasteiger partial charge in [-0.2, -0.15) is 0 Å². The van der Waals surface area contributed by atoms with Crippen molar-refractivity contribution >= 4 is 15.7 Å². The third-order valence-corrected chi connectivity index (χ3v) is 4.61. The van der Waals surface area contributed by atoms with E-state index >= 15 is 0 Å². The van der Waals surface area contributed by atoms with E-state index in [9.17, 15) is 13.2 Å². The molecule has 1 rings (SSSR count). The maximum Gasteiger partial charge on any atom is 0.222 e. The molecule has 1 amide bonds. The van der Waals surface area contributed by atoms with E-state index in [1.807, 2.05) is 0 Å². The number of rotatable bonds is 5. The van der Waals surface area contributed by atoms with E-state index in [0.29, 0.717) is 6.54 Å². The summed E-state index contributed by atoms with van der Waals surface area (Å²) in [5.41, 5.74) is -1.08. The standard InChI is InChI=1S/C10H20N2O5S/c1-10(6-13,7-14)12-9(15)4-8-5-18(16,17)3-2-11-8/h8,11,13-14H,2-7H2,1H3,(H,12,15). The maximum absolute atomic E-state index is 11.7. The monoisotopic (exact) mass is 280 g/mol. The van der Waals surface area contributed by atoms with Crippen molar-refractivity contribution in [3.8, 4) is 0 Å². The second-order valence-electron chi connectivity index (χ2n) is 4.89. The fourth-order valence-corrected chi connectivity index (χ4v) is 3.18. The van der Waals surface area contributed by atoms with E-state index < -0.39 is 27.3 Å². The first kappa shape index (κ1) is 15.4. The summed E-state index contributed by atoms with van der Waals surface area (Å²) in [5, 5.41) is 23.5. The van der Waals surface area contributed by atoms with Gasteiger partial charge in [-0.05, 0) is 6.92 Å². The van der Waals surface area contributed by atoms with Crippen LogP contribution in [-0.4, -0.2) is 67.4 Å². The van der Waals surface area contributed by atoms with Gasteiger partial charge in [-0.1, -0.05) is 0 Å². The molecule has 0 saturated carbocycles. The second kappa shape index (κ2) is 5.96. The van der Waals surface area contributed by atoms with Gasteiger partial charge in [0.25, 0.3) is 0 Å². The molecule has 0 aliphatic carbocycles. The van der Waals surface area contributed by atoms with Crippen LogP contribution in [0.2, 0.25) is 0 Å². The SMILES string of the molecule is CC(CO)(CO)NC(=O)CC1CS(=O)(=O)CCN1. The maximum atomic E-state index is 11.7. The predicted molar refractivity (Wildman–Crippen MR) is 65.8 cm³/mol. The first-order valence-electron chi connectivity index (χ1n) is 5.77. The van der Waals surface area contributed by atoms with Crippen molar-refractivity contribution in [2.45, 2.75) is 24.9 Å². The van der Waals surface area contributed by atoms with Gasteiger partial charge in [0, 0.05) is 19.0 Å². The van der Waals surface area contributed by atoms with Crippen molar-refractivity contribution in [3.05, 3.63) is 0 Å². The third-order valence-electron chi connectivity index (χ3n) is 2.87. The summed E-state index contributed by atoms with van der Waals surface area (Å²) in [5.74, 6) is -0.360. The van der Waals surface area contributed by atoms with Crippen molar-refractivity contribution in [1.82, 2.24) is 10.6 Å². The smallest absolute Gasteiger partial charge is 0.222 e. The first-order valence-corrected chi connectivity index (χ1v) is 7.59. The summed E-state index contributed by atoms with van der Waals surface area (Å²) in [6.07, 6.45) is 0.00875. The van der Waals surface area contributed by atoms with Crippen LogP contribution in [0.3, 0.4) is 0 Å². The average molecular weight is 280 g/mol. The molecular formula is C10H20N2O5S. The normalized spacial score (nSPS) is 23.6. The Labute approximate surface area is 106 Å². The lowest BCUT2D eigenvalue weighted by Gasteiger charge is -2.28. The Hall–Kier alpha value is -0.700. The van der Waals surface area contributed by atoms with E-state index in [0.717, 1.165) is 0 Å². The summed E-state index contributed by atoms with van der Waals surface area (Å²) >= 11 is 0. The van der Waals surface area contributed by atoms with Crippen LogP contribution in [0.15, 0.2) is 0 Å². The molecule has 1 unspecified atom stereocenters. The van der Waals surface area contributed by atoms with Crippen molar-refractivity contribution in [3.63, 3.8) is 0 Å². The highest BCUT2D eigenvalue weighted by Gasteiger charge is 2.29. The zero-order valence-electron chi connectivity index (χ0n) is 10.3. The lowest BCUT2D eigenvalue weighted by atomic mass is 10.0. The lowest BCUT2D eigenvalue weighted by molar-refractivity contribution is -0.124. The highest BCUT2D eigenvalue weighted by molar-refractivity contribution is 7.91. The number of aliphatic hydroxyl groups is 2. The zero-order chi connectivity index (χ0) is 13.8. The summed E-state index contributed by atoms with van der Waals surface area (Å²) in [7, 11) is -3.07. The molecule has 1 aliphatic rings. The molecule has 18 heavy (non-hydrogen) atoms. The Kier molecular flexibility index (Phi) is 5.09. The van der Waals surface area contributed by atoms with Gasteiger partial charge in [-0.15, -0.1) is 0 Å². The zero-order valence-corrected chi connectivity index (χ0v) is 11.2. The van der Waals surface area contributed by atoms with Crippen LogP contribution >= 0.6 is 0 Å². The van der Waals surface area contributed by atoms with Crippen LogP contribution in [0.4, 0.5) is 0 Å². The van der Waals surface area contributed by atoms with Crippen LogP contribution in [0.25, 0.3) is 0 Å². The Bertz CT molecular complexity index is 391. The molecular weight excluding hydrogens is 260 g/mol. The summed E-state index contributed by atoms with van der Waals surface area (Å²) in [6, 6.07) is -0.412. The third kappa shape index (κ3) is 4.52. The molecule has 1 saturated heterocycles. The van der Waals surface area contributed by atoms with Gasteiger partial charge in [-0.3, -0.25) is 4.79 Å². The highest BCUT2D eigenvalue weighted by Crippen LogP contribution is 2.07. The van der Waals surface area contributed by atoms with Gasteiger partial charge in [0.05, 0.1) is 30.3 Å². The van der Waals surface area contributed by atoms with E-state index in [1.54, 1.807) is 0 Å². The predicted octanol–water partition coefficient (Wildman–Crippen LogP) is -2.38. The molecule has 4 N–H and O–H groups in total. The number of aliphatic hydroxyl groups excluding tert-OH is 2. The largest absolute Gasteiger partial charge is 0.394 e. The summed E-state index contributed by atoms with van der Waals surface area (Å²) < 4.78 is 22.8. The van der Waals surface area contributed by atoms with E-state index in [1.165, 1.54) is 6.92 Å². The number of hydrogen-bond acceptors (Lipinski definition) is 6. The molecule has 1 atom stereocenters. The summed E-state index contributed by atoms with van der Waals surface area (Å²) in [6.45, 7) is 1.09. The molecule has 7 nitrogen and oxygen atoms in total. The molecule has 1 aliphatic heterocycles. The fraction of sp³-hybridized carbons (Fsp3) is 0.900. The van der Waals surface area contributed by atoms with Crippen LogP contribution in [0, 0.1) is 0 Å². The van der Waals surface area contributed by atoms with Crippen molar-refractivity contribution in [1.29, 1.82) is 0 Å². The molecule has 0 spiro atoms. The molecule has 0 bridgehead atoms. The average Bonchev–Trinajstić information content (AvgIpc) is 2.27. The van der Waals surface area contributed by atoms with Gasteiger partial charge in [0.15, 0.2) is 9.84 Å². The van der Waals surface area contributed by atoms with Gasteiger partial charge >= 0.3 is 0 Å². The first-order chi connectivity index (χ1) is 8.30. The summed E-state index contributed by atoms with van der Waals surface area (Å²) in [4.78, 5) is 11.7. The number of amides is 1. The van der Waals surface area contributed by atoms with Gasteiger partial charge in [0.2, 0.25) is 5.91 Å². The minimum Gasteiger partial charge on any atom is -0.394 e. The Morgan fingerprint density at radius 1 is 1.44 bits per heavy atom. The molecule has 106 valence electrons. The van der Waals surface area contributed by atoms with Crippen LogP contribution in [-0.2, 0) is 14.6 Å². The molecule has 1 fully saturated rings. The van der Waals surface area contributed by atoms with Crippen molar-refractivity contribution < 1.29 is 23.4 Å². The van der Waals surface area contributed by atoms with Gasteiger partial charge in [0.1, 0.15) is 0 Å². The van der Waals surface area contributed by atoms with Crippen LogP contribution < -0.4 is 10.6 Å². The van der Waals surface area contributed by atoms with Gasteiger partial charge in [-0.25, -0.2) is 8.42 Å². The highest BCUT2D eigenvalue weighted by atomic mass is 32.2. The topological polar surface area (TPSA) is 116 Å².